The second-order valence-corrected chi connectivity index (χ2v) is 38.4. The lowest BCUT2D eigenvalue weighted by atomic mass is 9.94. The topological polar surface area (TPSA) is 69.0 Å². The lowest BCUT2D eigenvalue weighted by Gasteiger charge is -2.14. The molecule has 9 heterocycles. The minimum Gasteiger partial charge on any atom is -0.454 e. The number of hydrogen-bond acceptors (Lipinski definition) is 3. The van der Waals surface area contributed by atoms with Crippen molar-refractivity contribution < 1.29 is 13.3 Å². The van der Waals surface area contributed by atoms with Crippen LogP contribution >= 0.6 is 0 Å². The molecular weight excluding hydrogens is 1770 g/mol. The van der Waals surface area contributed by atoms with E-state index in [9.17, 15) is 0 Å². The summed E-state index contributed by atoms with van der Waals surface area (Å²) in [6.45, 7) is 0. The first-order valence-electron chi connectivity index (χ1n) is 49.7. The molecule has 0 saturated carbocycles. The molecule has 145 heavy (non-hydrogen) atoms. The van der Waals surface area contributed by atoms with Crippen LogP contribution in [0.15, 0.2) is 511 Å². The number of benzene rings is 24. The third kappa shape index (κ3) is 12.1. The van der Waals surface area contributed by atoms with E-state index < -0.39 is 0 Å². The maximum absolute atomic E-state index is 6.80. The smallest absolute Gasteiger partial charge is 0.160 e. The molecule has 9 nitrogen and oxygen atoms in total. The average Bonchev–Trinajstić information content (AvgIpc) is 1.56. The molecule has 9 aromatic heterocycles. The normalized spacial score (nSPS) is 12.1. The fourth-order valence-corrected chi connectivity index (χ4v) is 24.3. The van der Waals surface area contributed by atoms with Crippen molar-refractivity contribution in [2.45, 2.75) is 0 Å². The summed E-state index contributed by atoms with van der Waals surface area (Å²) < 4.78 is 34.6. The predicted molar refractivity (Wildman–Crippen MR) is 608 cm³/mol. The van der Waals surface area contributed by atoms with Gasteiger partial charge < -0.3 is 40.7 Å². The van der Waals surface area contributed by atoms with Crippen molar-refractivity contribution in [1.29, 1.82) is 0 Å². The zero-order valence-corrected chi connectivity index (χ0v) is 78.3. The van der Waals surface area contributed by atoms with Gasteiger partial charge >= 0.3 is 0 Å². The molecule has 0 spiro atoms. The van der Waals surface area contributed by atoms with Crippen LogP contribution in [0.3, 0.4) is 0 Å². The van der Waals surface area contributed by atoms with Crippen molar-refractivity contribution in [3.8, 4) is 56.4 Å². The van der Waals surface area contributed by atoms with Gasteiger partial charge in [0.25, 0.3) is 0 Å². The first-order chi connectivity index (χ1) is 71.9. The molecule has 0 radical (unpaired) electrons. The standard InChI is InChI=1S/C48H28N2O.C48H30N2O.C40H24N2O/c1-2-12-29(13-3-1)50-45-28-44-41(27-42(45)38-24-25-39-37-19-9-11-21-46(37)51-48(39)47(38)50)36-18-8-10-20-43(36)49(44)30-22-23-35-33-16-5-4-14-31(33)32-15-6-7-17-34(32)40(35)26-30;1-4-14-31(15-5-1)33-26-34(32-16-6-2-7-17-32)28-36(27-33)50-45-30-44-41(37-20-10-12-22-43(37)49(44)35-18-8-3-9-19-35)29-42(45)39-24-25-40-38-21-11-13-23-46(38)51-48(40)47(39)50;1-2-12-27(13-3-1)41-35-16-8-6-14-29(35)33-23-34-31-20-21-32-30-15-7-9-17-38(30)43-40(32)39(31)42(37(34)24-36(33)41)28-19-18-25-10-4-5-11-26(25)22-28/h1-28H;1-30H;1-24H. The van der Waals surface area contributed by atoms with E-state index in [2.05, 4.69) is 507 Å². The number of hydrogen-bond donors (Lipinski definition) is 0. The second kappa shape index (κ2) is 31.5. The summed E-state index contributed by atoms with van der Waals surface area (Å²) in [6, 6.07) is 180. The van der Waals surface area contributed by atoms with Gasteiger partial charge in [0.05, 0.1) is 66.2 Å². The quantitative estimate of drug-likeness (QED) is 0.142. The highest BCUT2D eigenvalue weighted by molar-refractivity contribution is 6.31. The van der Waals surface area contributed by atoms with E-state index in [1.54, 1.807) is 0 Å². The van der Waals surface area contributed by atoms with Crippen molar-refractivity contribution in [3.05, 3.63) is 497 Å². The molecule has 0 bridgehead atoms. The summed E-state index contributed by atoms with van der Waals surface area (Å²) in [7, 11) is 0. The maximum Gasteiger partial charge on any atom is 0.160 e. The van der Waals surface area contributed by atoms with Gasteiger partial charge in [-0.3, -0.25) is 0 Å². The van der Waals surface area contributed by atoms with Crippen LogP contribution < -0.4 is 0 Å². The Morgan fingerprint density at radius 2 is 0.386 bits per heavy atom. The summed E-state index contributed by atoms with van der Waals surface area (Å²) >= 11 is 0. The molecular formula is C136H82N6O3. The molecule has 33 rings (SSSR count). The Kier molecular flexibility index (Phi) is 17.5. The van der Waals surface area contributed by atoms with E-state index >= 15 is 0 Å². The van der Waals surface area contributed by atoms with Gasteiger partial charge in [0.2, 0.25) is 0 Å². The van der Waals surface area contributed by atoms with Gasteiger partial charge in [-0.1, -0.05) is 328 Å². The van der Waals surface area contributed by atoms with Gasteiger partial charge in [-0.25, -0.2) is 0 Å². The van der Waals surface area contributed by atoms with Crippen LogP contribution in [0, 0.1) is 0 Å². The number of para-hydroxylation sites is 9. The Hall–Kier alpha value is -19.5. The zero-order valence-electron chi connectivity index (χ0n) is 78.3. The number of fused-ring (bicyclic) bond motifs is 37. The molecule has 0 aliphatic rings. The molecule has 0 amide bonds. The molecule has 0 aliphatic heterocycles. The zero-order chi connectivity index (χ0) is 94.7. The lowest BCUT2D eigenvalue weighted by Crippen LogP contribution is -1.97. The Morgan fingerprint density at radius 1 is 0.117 bits per heavy atom. The van der Waals surface area contributed by atoms with Crippen molar-refractivity contribution >= 4 is 240 Å². The van der Waals surface area contributed by atoms with Crippen molar-refractivity contribution in [3.63, 3.8) is 0 Å². The SMILES string of the molecule is c1ccc(-c2cc(-c3ccccc3)cc(-n3c4cc5c(cc4c4ccc6c7ccccc7oc6c43)c3ccccc3n5-c3ccccc3)c2)cc1.c1ccc(-n2c3cc4c(cc3c3ccc5c6ccccc6oc5c32)c2ccccc2n4-c2ccc3c4ccccc4c4ccccc4c3c2)cc1.c1ccc(-n2c3ccccc3c3cc4c5ccc6c7ccccc7oc6c5n(-c5ccc6ccccc6c5)c4cc32)cc1. The number of rotatable bonds is 8. The fourth-order valence-electron chi connectivity index (χ4n) is 24.3. The third-order valence-corrected chi connectivity index (χ3v) is 30.6. The molecule has 0 saturated heterocycles. The van der Waals surface area contributed by atoms with Crippen LogP contribution in [0.5, 0.6) is 0 Å². The second-order valence-electron chi connectivity index (χ2n) is 38.4. The third-order valence-electron chi connectivity index (χ3n) is 30.6. The minimum absolute atomic E-state index is 0.895. The van der Waals surface area contributed by atoms with Gasteiger partial charge in [0, 0.05) is 131 Å². The van der Waals surface area contributed by atoms with E-state index in [0.29, 0.717) is 0 Å². The van der Waals surface area contributed by atoms with Crippen LogP contribution in [-0.2, 0) is 0 Å². The summed E-state index contributed by atoms with van der Waals surface area (Å²) in [5, 5.41) is 31.5. The molecule has 0 N–H and O–H groups in total. The van der Waals surface area contributed by atoms with E-state index in [4.69, 9.17) is 13.3 Å². The van der Waals surface area contributed by atoms with Crippen LogP contribution in [0.1, 0.15) is 0 Å². The number of furan rings is 3. The predicted octanol–water partition coefficient (Wildman–Crippen LogP) is 37.3. The summed E-state index contributed by atoms with van der Waals surface area (Å²) in [5.41, 5.74) is 30.7. The molecule has 0 aliphatic carbocycles. The van der Waals surface area contributed by atoms with Gasteiger partial charge in [-0.05, 0) is 235 Å². The van der Waals surface area contributed by atoms with Crippen LogP contribution in [0.2, 0.25) is 0 Å². The molecule has 33 aromatic rings. The number of nitrogens with zero attached hydrogens (tertiary/aromatic N) is 6. The maximum atomic E-state index is 6.80. The van der Waals surface area contributed by atoms with E-state index in [0.717, 1.165) is 133 Å². The van der Waals surface area contributed by atoms with E-state index in [1.807, 2.05) is 18.2 Å². The van der Waals surface area contributed by atoms with Gasteiger partial charge in [0.15, 0.2) is 16.7 Å². The van der Waals surface area contributed by atoms with E-state index in [1.165, 1.54) is 163 Å². The Bertz CT molecular complexity index is 11200. The van der Waals surface area contributed by atoms with Gasteiger partial charge in [-0.15, -0.1) is 0 Å². The highest BCUT2D eigenvalue weighted by atomic mass is 16.3. The van der Waals surface area contributed by atoms with Crippen LogP contribution in [0.4, 0.5) is 0 Å². The van der Waals surface area contributed by atoms with Crippen molar-refractivity contribution in [2.75, 3.05) is 0 Å². The fraction of sp³-hybridized carbons (Fsp3) is 0. The van der Waals surface area contributed by atoms with Crippen molar-refractivity contribution in [1.82, 2.24) is 27.4 Å². The summed E-state index contributed by atoms with van der Waals surface area (Å²) in [4.78, 5) is 0. The first-order valence-corrected chi connectivity index (χ1v) is 49.7. The molecule has 9 heteroatoms. The molecule has 674 valence electrons. The number of aromatic nitrogens is 6. The molecule has 0 atom stereocenters. The van der Waals surface area contributed by atoms with Gasteiger partial charge in [-0.2, -0.15) is 0 Å². The average molecular weight is 1850 g/mol. The Labute approximate surface area is 828 Å². The first kappa shape index (κ1) is 80.5. The van der Waals surface area contributed by atoms with Crippen LogP contribution in [0.25, 0.3) is 296 Å². The van der Waals surface area contributed by atoms with E-state index in [-0.39, 0.29) is 0 Å². The molecule has 0 fully saturated rings. The highest BCUT2D eigenvalue weighted by Crippen LogP contribution is 2.51. The highest BCUT2D eigenvalue weighted by Gasteiger charge is 2.29. The van der Waals surface area contributed by atoms with Gasteiger partial charge in [0.1, 0.15) is 16.7 Å². The van der Waals surface area contributed by atoms with Crippen molar-refractivity contribution in [2.24, 2.45) is 0 Å². The summed E-state index contributed by atoms with van der Waals surface area (Å²) in [5.74, 6) is 0. The Morgan fingerprint density at radius 3 is 0.793 bits per heavy atom. The minimum atomic E-state index is 0.895. The molecule has 24 aromatic carbocycles. The summed E-state index contributed by atoms with van der Waals surface area (Å²) in [6.07, 6.45) is 0. The van der Waals surface area contributed by atoms with Crippen LogP contribution in [-0.4, -0.2) is 27.4 Å². The largest absolute Gasteiger partial charge is 0.454 e. The Balaban J connectivity index is 0.0000000994. The lowest BCUT2D eigenvalue weighted by molar-refractivity contribution is 0.670. The molecule has 0 unspecified atom stereocenters. The monoisotopic (exact) mass is 1850 g/mol.